The molecule has 0 saturated heterocycles. The quantitative estimate of drug-likeness (QED) is 0.524. The molecular weight excluding hydrogens is 390 g/mol. The van der Waals surface area contributed by atoms with Crippen molar-refractivity contribution >= 4 is 21.8 Å². The number of nitrogens with zero attached hydrogens (tertiary/aromatic N) is 1. The molecule has 0 heterocycles. The van der Waals surface area contributed by atoms with Gasteiger partial charge in [-0.15, -0.1) is 0 Å². The average Bonchev–Trinajstić information content (AvgIpc) is 2.66. The minimum atomic E-state index is -0.390. The third kappa shape index (κ3) is 5.47. The van der Waals surface area contributed by atoms with Gasteiger partial charge in [0.2, 0.25) is 0 Å². The lowest BCUT2D eigenvalue weighted by molar-refractivity contribution is -0.117. The number of amides is 1. The topological polar surface area (TPSA) is 64.9 Å². The van der Waals surface area contributed by atoms with Gasteiger partial charge in [0.15, 0.2) is 0 Å². The highest BCUT2D eigenvalue weighted by atomic mass is 79.9. The first-order valence-electron chi connectivity index (χ1n) is 8.52. The van der Waals surface area contributed by atoms with Crippen molar-refractivity contribution in [2.45, 2.75) is 32.9 Å². The Bertz CT molecular complexity index is 822. The van der Waals surface area contributed by atoms with Crippen LogP contribution < -0.4 is 10.6 Å². The molecule has 0 aliphatic carbocycles. The molecule has 2 rings (SSSR count). The molecular formula is C21H22BrN3O. The summed E-state index contributed by atoms with van der Waals surface area (Å²) in [5, 5.41) is 15.2. The monoisotopic (exact) mass is 411 g/mol. The van der Waals surface area contributed by atoms with E-state index in [0.29, 0.717) is 6.54 Å². The highest BCUT2D eigenvalue weighted by Gasteiger charge is 2.13. The Labute approximate surface area is 163 Å². The van der Waals surface area contributed by atoms with E-state index in [1.165, 1.54) is 11.8 Å². The zero-order chi connectivity index (χ0) is 18.9. The fraction of sp³-hybridized carbons (Fsp3) is 0.238. The van der Waals surface area contributed by atoms with Crippen molar-refractivity contribution in [3.05, 3.63) is 81.5 Å². The first kappa shape index (κ1) is 19.7. The molecule has 134 valence electrons. The van der Waals surface area contributed by atoms with Crippen LogP contribution in [0.4, 0.5) is 0 Å². The van der Waals surface area contributed by atoms with Gasteiger partial charge in [-0.3, -0.25) is 4.79 Å². The number of carbonyl (C=O) groups excluding carboxylic acids is 1. The van der Waals surface area contributed by atoms with E-state index in [9.17, 15) is 10.1 Å². The zero-order valence-electron chi connectivity index (χ0n) is 14.9. The number of nitriles is 1. The molecule has 5 heteroatoms. The molecule has 0 aromatic heterocycles. The lowest BCUT2D eigenvalue weighted by atomic mass is 10.0. The number of benzene rings is 2. The Morgan fingerprint density at radius 1 is 1.23 bits per heavy atom. The second kappa shape index (κ2) is 9.79. The van der Waals surface area contributed by atoms with Crippen LogP contribution in [0.25, 0.3) is 0 Å². The van der Waals surface area contributed by atoms with Crippen LogP contribution in [0.15, 0.2) is 64.8 Å². The third-order valence-electron chi connectivity index (χ3n) is 4.10. The van der Waals surface area contributed by atoms with Gasteiger partial charge in [-0.05, 0) is 36.1 Å². The SMILES string of the molecule is CCc1ccc(C(C)NC(=O)/C(C#N)=C\NCc2ccccc2Br)cc1. The van der Waals surface area contributed by atoms with Crippen molar-refractivity contribution in [3.63, 3.8) is 0 Å². The number of rotatable bonds is 7. The second-order valence-corrected chi connectivity index (χ2v) is 6.79. The van der Waals surface area contributed by atoms with Crippen LogP contribution in [-0.4, -0.2) is 5.91 Å². The summed E-state index contributed by atoms with van der Waals surface area (Å²) in [6, 6.07) is 17.7. The highest BCUT2D eigenvalue weighted by Crippen LogP contribution is 2.16. The number of halogens is 1. The van der Waals surface area contributed by atoms with Crippen LogP contribution in [0, 0.1) is 11.3 Å². The molecule has 26 heavy (non-hydrogen) atoms. The molecule has 1 atom stereocenters. The Balaban J connectivity index is 1.96. The molecule has 0 bridgehead atoms. The Morgan fingerprint density at radius 2 is 1.92 bits per heavy atom. The normalized spacial score (nSPS) is 12.2. The Hall–Kier alpha value is -2.58. The van der Waals surface area contributed by atoms with Gasteiger partial charge in [-0.25, -0.2) is 0 Å². The summed E-state index contributed by atoms with van der Waals surface area (Å²) in [6.45, 7) is 4.53. The molecule has 1 amide bonds. The molecule has 0 fully saturated rings. The van der Waals surface area contributed by atoms with Crippen LogP contribution >= 0.6 is 15.9 Å². The minimum Gasteiger partial charge on any atom is -0.386 e. The van der Waals surface area contributed by atoms with E-state index in [0.717, 1.165) is 22.0 Å². The Kier molecular flexibility index (Phi) is 7.43. The molecule has 0 radical (unpaired) electrons. The number of nitrogens with one attached hydrogen (secondary N) is 2. The number of hydrogen-bond donors (Lipinski definition) is 2. The molecule has 4 nitrogen and oxygen atoms in total. The second-order valence-electron chi connectivity index (χ2n) is 5.93. The minimum absolute atomic E-state index is 0.0501. The molecule has 2 N–H and O–H groups in total. The van der Waals surface area contributed by atoms with E-state index in [2.05, 4.69) is 45.6 Å². The van der Waals surface area contributed by atoms with Gasteiger partial charge in [0.05, 0.1) is 6.04 Å². The molecule has 0 aliphatic heterocycles. The Morgan fingerprint density at radius 3 is 2.54 bits per heavy atom. The maximum atomic E-state index is 12.3. The van der Waals surface area contributed by atoms with E-state index in [-0.39, 0.29) is 17.5 Å². The standard InChI is InChI=1S/C21H22BrN3O/c1-3-16-8-10-17(11-9-16)15(2)25-21(26)19(12-23)14-24-13-18-6-4-5-7-20(18)22/h4-11,14-15,24H,3,13H2,1-2H3,(H,25,26)/b19-14-. The molecule has 0 saturated carbocycles. The van der Waals surface area contributed by atoms with Gasteiger partial charge in [-0.1, -0.05) is 65.3 Å². The number of hydrogen-bond acceptors (Lipinski definition) is 3. The van der Waals surface area contributed by atoms with Crippen molar-refractivity contribution in [3.8, 4) is 6.07 Å². The third-order valence-corrected chi connectivity index (χ3v) is 4.87. The predicted octanol–water partition coefficient (Wildman–Crippen LogP) is 4.39. The van der Waals surface area contributed by atoms with Gasteiger partial charge in [0.25, 0.3) is 5.91 Å². The van der Waals surface area contributed by atoms with E-state index in [4.69, 9.17) is 0 Å². The fourth-order valence-corrected chi connectivity index (χ4v) is 2.88. The van der Waals surface area contributed by atoms with Gasteiger partial charge >= 0.3 is 0 Å². The summed E-state index contributed by atoms with van der Waals surface area (Å²) < 4.78 is 0.980. The van der Waals surface area contributed by atoms with Crippen LogP contribution in [0.5, 0.6) is 0 Å². The van der Waals surface area contributed by atoms with E-state index < -0.39 is 0 Å². The first-order chi connectivity index (χ1) is 12.5. The fourth-order valence-electron chi connectivity index (χ4n) is 2.45. The number of aryl methyl sites for hydroxylation is 1. The van der Waals surface area contributed by atoms with Gasteiger partial charge in [0.1, 0.15) is 11.6 Å². The summed E-state index contributed by atoms with van der Waals surface area (Å²) in [4.78, 5) is 12.3. The zero-order valence-corrected chi connectivity index (χ0v) is 16.5. The highest BCUT2D eigenvalue weighted by molar-refractivity contribution is 9.10. The smallest absolute Gasteiger partial charge is 0.263 e. The van der Waals surface area contributed by atoms with Crippen molar-refractivity contribution in [2.75, 3.05) is 0 Å². The maximum absolute atomic E-state index is 12.3. The van der Waals surface area contributed by atoms with Gasteiger partial charge in [-0.2, -0.15) is 5.26 Å². The molecule has 2 aromatic carbocycles. The summed E-state index contributed by atoms with van der Waals surface area (Å²) in [7, 11) is 0. The van der Waals surface area contributed by atoms with Crippen LogP contribution in [0.3, 0.4) is 0 Å². The largest absolute Gasteiger partial charge is 0.386 e. The summed E-state index contributed by atoms with van der Waals surface area (Å²) in [5.41, 5.74) is 3.36. The van der Waals surface area contributed by atoms with Crippen LogP contribution in [0.2, 0.25) is 0 Å². The molecule has 1 unspecified atom stereocenters. The molecule has 0 spiro atoms. The van der Waals surface area contributed by atoms with Crippen molar-refractivity contribution in [1.82, 2.24) is 10.6 Å². The van der Waals surface area contributed by atoms with Crippen molar-refractivity contribution < 1.29 is 4.79 Å². The van der Waals surface area contributed by atoms with E-state index in [1.54, 1.807) is 0 Å². The molecule has 2 aromatic rings. The van der Waals surface area contributed by atoms with Crippen LogP contribution in [-0.2, 0) is 17.8 Å². The first-order valence-corrected chi connectivity index (χ1v) is 9.31. The summed E-state index contributed by atoms with van der Waals surface area (Å²) in [6.07, 6.45) is 2.44. The predicted molar refractivity (Wildman–Crippen MR) is 107 cm³/mol. The average molecular weight is 412 g/mol. The van der Waals surface area contributed by atoms with Gasteiger partial charge < -0.3 is 10.6 Å². The van der Waals surface area contributed by atoms with Crippen LogP contribution in [0.1, 0.15) is 36.6 Å². The van der Waals surface area contributed by atoms with Gasteiger partial charge in [0, 0.05) is 17.2 Å². The van der Waals surface area contributed by atoms with Crippen molar-refractivity contribution in [2.24, 2.45) is 0 Å². The molecule has 0 aliphatic rings. The van der Waals surface area contributed by atoms with E-state index in [1.807, 2.05) is 49.4 Å². The number of carbonyl (C=O) groups is 1. The lowest BCUT2D eigenvalue weighted by Crippen LogP contribution is -2.28. The maximum Gasteiger partial charge on any atom is 0.263 e. The summed E-state index contributed by atoms with van der Waals surface area (Å²) in [5.74, 6) is -0.390. The summed E-state index contributed by atoms with van der Waals surface area (Å²) >= 11 is 3.47. The lowest BCUT2D eigenvalue weighted by Gasteiger charge is -2.14. The van der Waals surface area contributed by atoms with E-state index >= 15 is 0 Å². The van der Waals surface area contributed by atoms with Crippen molar-refractivity contribution in [1.29, 1.82) is 5.26 Å².